The maximum absolute atomic E-state index is 5.22. The molecule has 2 rings (SSSR count). The van der Waals surface area contributed by atoms with E-state index in [0.717, 1.165) is 6.61 Å². The zero-order chi connectivity index (χ0) is 12.9. The van der Waals surface area contributed by atoms with Gasteiger partial charge in [-0.05, 0) is 55.9 Å². The molecule has 1 saturated carbocycles. The third kappa shape index (κ3) is 3.69. The van der Waals surface area contributed by atoms with Gasteiger partial charge in [0.05, 0.1) is 0 Å². The molecule has 0 bridgehead atoms. The van der Waals surface area contributed by atoms with E-state index >= 15 is 0 Å². The van der Waals surface area contributed by atoms with Crippen molar-refractivity contribution in [2.75, 3.05) is 39.9 Å². The highest BCUT2D eigenvalue weighted by molar-refractivity contribution is 4.96. The van der Waals surface area contributed by atoms with Gasteiger partial charge in [0.15, 0.2) is 0 Å². The first-order valence-electron chi connectivity index (χ1n) is 7.65. The lowest BCUT2D eigenvalue weighted by Crippen LogP contribution is -2.46. The summed E-state index contributed by atoms with van der Waals surface area (Å²) >= 11 is 0. The van der Waals surface area contributed by atoms with Crippen molar-refractivity contribution >= 4 is 0 Å². The van der Waals surface area contributed by atoms with Gasteiger partial charge in [-0.2, -0.15) is 0 Å². The van der Waals surface area contributed by atoms with Gasteiger partial charge in [0, 0.05) is 33.4 Å². The Morgan fingerprint density at radius 3 is 2.50 bits per heavy atom. The first-order chi connectivity index (χ1) is 8.74. The maximum Gasteiger partial charge on any atom is 0.0468 e. The number of piperidine rings is 1. The molecule has 18 heavy (non-hydrogen) atoms. The van der Waals surface area contributed by atoms with Crippen molar-refractivity contribution in [3.05, 3.63) is 0 Å². The second-order valence-electron chi connectivity index (χ2n) is 6.48. The van der Waals surface area contributed by atoms with Crippen LogP contribution in [0.2, 0.25) is 0 Å². The van der Waals surface area contributed by atoms with Gasteiger partial charge in [0.1, 0.15) is 0 Å². The molecule has 3 nitrogen and oxygen atoms in total. The lowest BCUT2D eigenvalue weighted by Gasteiger charge is -2.37. The lowest BCUT2D eigenvalue weighted by atomic mass is 9.78. The zero-order valence-electron chi connectivity index (χ0n) is 12.2. The maximum atomic E-state index is 5.22. The molecule has 0 radical (unpaired) electrons. The van der Waals surface area contributed by atoms with E-state index in [1.807, 2.05) is 7.11 Å². The molecule has 106 valence electrons. The second-order valence-corrected chi connectivity index (χ2v) is 6.48. The predicted octanol–water partition coefficient (Wildman–Crippen LogP) is 2.17. The van der Waals surface area contributed by atoms with Crippen LogP contribution in [0.3, 0.4) is 0 Å². The minimum absolute atomic E-state index is 0.510. The minimum Gasteiger partial charge on any atom is -0.385 e. The van der Waals surface area contributed by atoms with Gasteiger partial charge in [-0.1, -0.05) is 6.92 Å². The zero-order valence-corrected chi connectivity index (χ0v) is 12.2. The number of nitrogens with one attached hydrogen (secondary N) is 2. The third-order valence-electron chi connectivity index (χ3n) is 5.10. The molecule has 0 aromatic heterocycles. The highest BCUT2D eigenvalue weighted by Crippen LogP contribution is 2.48. The van der Waals surface area contributed by atoms with Crippen molar-refractivity contribution in [1.29, 1.82) is 0 Å². The summed E-state index contributed by atoms with van der Waals surface area (Å²) in [5.41, 5.74) is 1.09. The van der Waals surface area contributed by atoms with Crippen LogP contribution >= 0.6 is 0 Å². The Morgan fingerprint density at radius 2 is 1.94 bits per heavy atom. The van der Waals surface area contributed by atoms with Crippen molar-refractivity contribution in [2.45, 2.75) is 45.4 Å². The van der Waals surface area contributed by atoms with E-state index in [2.05, 4.69) is 17.6 Å². The lowest BCUT2D eigenvalue weighted by molar-refractivity contribution is 0.162. The Morgan fingerprint density at radius 1 is 1.17 bits per heavy atom. The average Bonchev–Trinajstić information content (AvgIpc) is 3.18. The molecule has 0 amide bonds. The molecule has 3 heteroatoms. The molecular weight excluding hydrogens is 224 g/mol. The van der Waals surface area contributed by atoms with Crippen molar-refractivity contribution in [2.24, 2.45) is 10.8 Å². The van der Waals surface area contributed by atoms with Crippen LogP contribution in [0.15, 0.2) is 0 Å². The Labute approximate surface area is 112 Å². The highest BCUT2D eigenvalue weighted by atomic mass is 16.5. The van der Waals surface area contributed by atoms with Crippen molar-refractivity contribution < 1.29 is 4.74 Å². The quantitative estimate of drug-likeness (QED) is 0.696. The SMILES string of the molecule is CCC1(CNCC2(CCOC)CC2)CCCNC1. The average molecular weight is 254 g/mol. The molecule has 1 saturated heterocycles. The summed E-state index contributed by atoms with van der Waals surface area (Å²) in [4.78, 5) is 0. The fourth-order valence-electron chi connectivity index (χ4n) is 3.21. The molecule has 0 spiro atoms. The molecule has 0 aromatic carbocycles. The van der Waals surface area contributed by atoms with Gasteiger partial charge in [-0.25, -0.2) is 0 Å². The van der Waals surface area contributed by atoms with Gasteiger partial charge in [0.25, 0.3) is 0 Å². The van der Waals surface area contributed by atoms with Crippen LogP contribution in [0.4, 0.5) is 0 Å². The third-order valence-corrected chi connectivity index (χ3v) is 5.10. The van der Waals surface area contributed by atoms with Gasteiger partial charge in [-0.15, -0.1) is 0 Å². The van der Waals surface area contributed by atoms with Gasteiger partial charge in [0.2, 0.25) is 0 Å². The van der Waals surface area contributed by atoms with E-state index in [4.69, 9.17) is 4.74 Å². The summed E-state index contributed by atoms with van der Waals surface area (Å²) in [7, 11) is 1.81. The molecular formula is C15H30N2O. The van der Waals surface area contributed by atoms with Crippen molar-refractivity contribution in [1.82, 2.24) is 10.6 Å². The molecule has 2 fully saturated rings. The van der Waals surface area contributed by atoms with Crippen molar-refractivity contribution in [3.63, 3.8) is 0 Å². The van der Waals surface area contributed by atoms with E-state index in [9.17, 15) is 0 Å². The second kappa shape index (κ2) is 6.36. The molecule has 1 aliphatic carbocycles. The highest BCUT2D eigenvalue weighted by Gasteiger charge is 2.42. The number of methoxy groups -OCH3 is 1. The molecule has 1 aliphatic heterocycles. The van der Waals surface area contributed by atoms with Crippen molar-refractivity contribution in [3.8, 4) is 0 Å². The van der Waals surface area contributed by atoms with Crippen LogP contribution in [-0.2, 0) is 4.74 Å². The van der Waals surface area contributed by atoms with Crippen LogP contribution in [0, 0.1) is 10.8 Å². The van der Waals surface area contributed by atoms with Gasteiger partial charge >= 0.3 is 0 Å². The van der Waals surface area contributed by atoms with Crippen LogP contribution in [0.5, 0.6) is 0 Å². The molecule has 1 unspecified atom stereocenters. The smallest absolute Gasteiger partial charge is 0.0468 e. The summed E-state index contributed by atoms with van der Waals surface area (Å²) in [5.74, 6) is 0. The fourth-order valence-corrected chi connectivity index (χ4v) is 3.21. The first-order valence-corrected chi connectivity index (χ1v) is 7.65. The summed E-state index contributed by atoms with van der Waals surface area (Å²) in [5, 5.41) is 7.33. The van der Waals surface area contributed by atoms with Crippen LogP contribution < -0.4 is 10.6 Å². The standard InChI is InChI=1S/C15H30N2O/c1-3-14(5-4-9-16-11-14)12-17-13-15(6-7-15)8-10-18-2/h16-17H,3-13H2,1-2H3. The molecule has 2 N–H and O–H groups in total. The van der Waals surface area contributed by atoms with Gasteiger partial charge in [-0.3, -0.25) is 0 Å². The number of hydrogen-bond donors (Lipinski definition) is 2. The molecule has 1 atom stereocenters. The van der Waals surface area contributed by atoms with Crippen LogP contribution in [0.25, 0.3) is 0 Å². The number of hydrogen-bond acceptors (Lipinski definition) is 3. The minimum atomic E-state index is 0.510. The predicted molar refractivity (Wildman–Crippen MR) is 75.9 cm³/mol. The Hall–Kier alpha value is -0.120. The molecule has 2 aliphatic rings. The van der Waals surface area contributed by atoms with Crippen LogP contribution in [0.1, 0.15) is 45.4 Å². The van der Waals surface area contributed by atoms with E-state index in [1.165, 1.54) is 64.7 Å². The molecule has 0 aromatic rings. The molecule has 1 heterocycles. The van der Waals surface area contributed by atoms with E-state index in [-0.39, 0.29) is 0 Å². The normalized spacial score (nSPS) is 30.3. The van der Waals surface area contributed by atoms with Crippen LogP contribution in [-0.4, -0.2) is 39.9 Å². The Kier molecular flexibility index (Phi) is 5.05. The summed E-state index contributed by atoms with van der Waals surface area (Å²) in [6, 6.07) is 0. The summed E-state index contributed by atoms with van der Waals surface area (Å²) < 4.78 is 5.22. The van der Waals surface area contributed by atoms with E-state index in [1.54, 1.807) is 0 Å². The monoisotopic (exact) mass is 254 g/mol. The van der Waals surface area contributed by atoms with Gasteiger partial charge < -0.3 is 15.4 Å². The van der Waals surface area contributed by atoms with E-state index < -0.39 is 0 Å². The number of ether oxygens (including phenoxy) is 1. The Bertz CT molecular complexity index is 245. The largest absolute Gasteiger partial charge is 0.385 e. The summed E-state index contributed by atoms with van der Waals surface area (Å²) in [6.45, 7) is 8.04. The van der Waals surface area contributed by atoms with E-state index in [0.29, 0.717) is 10.8 Å². The fraction of sp³-hybridized carbons (Fsp3) is 1.00. The number of rotatable bonds is 8. The Balaban J connectivity index is 1.70. The summed E-state index contributed by atoms with van der Waals surface area (Å²) in [6.07, 6.45) is 8.02. The topological polar surface area (TPSA) is 33.3 Å². The first kappa shape index (κ1) is 14.3.